The third-order valence-electron chi connectivity index (χ3n) is 5.52. The second-order valence-electron chi connectivity index (χ2n) is 8.19. The number of carbonyl (C=O) groups excluding carboxylic acids is 2. The van der Waals surface area contributed by atoms with Gasteiger partial charge in [-0.05, 0) is 72.4 Å². The monoisotopic (exact) mass is 402 g/mol. The average molecular weight is 403 g/mol. The van der Waals surface area contributed by atoms with Crippen molar-refractivity contribution in [3.63, 3.8) is 0 Å². The highest BCUT2D eigenvalue weighted by atomic mass is 16.1. The van der Waals surface area contributed by atoms with Crippen molar-refractivity contribution in [1.82, 2.24) is 0 Å². The van der Waals surface area contributed by atoms with Crippen molar-refractivity contribution in [2.45, 2.75) is 19.3 Å². The normalized spacial score (nSPS) is 18.1. The number of ketones is 2. The fourth-order valence-electron chi connectivity index (χ4n) is 3.64. The third kappa shape index (κ3) is 5.26. The molecule has 0 spiro atoms. The number of nitrogens with zero attached hydrogens (tertiary/aromatic N) is 2. The predicted octanol–water partition coefficient (Wildman–Crippen LogP) is 4.85. The minimum atomic E-state index is -0.566. The van der Waals surface area contributed by atoms with Gasteiger partial charge in [-0.1, -0.05) is 30.3 Å². The zero-order valence-electron chi connectivity index (χ0n) is 18.3. The van der Waals surface area contributed by atoms with Crippen molar-refractivity contribution < 1.29 is 9.59 Å². The Balaban J connectivity index is 1.70. The first kappa shape index (κ1) is 21.6. The van der Waals surface area contributed by atoms with Crippen LogP contribution in [-0.4, -0.2) is 39.8 Å². The number of anilines is 2. The van der Waals surface area contributed by atoms with Crippen LogP contribution in [0.5, 0.6) is 0 Å². The molecule has 0 aliphatic heterocycles. The summed E-state index contributed by atoms with van der Waals surface area (Å²) in [5.41, 5.74) is 4.92. The van der Waals surface area contributed by atoms with Crippen LogP contribution in [0.15, 0.2) is 60.2 Å². The van der Waals surface area contributed by atoms with E-state index in [1.165, 1.54) is 0 Å². The molecule has 156 valence electrons. The lowest BCUT2D eigenvalue weighted by atomic mass is 9.81. The Bertz CT molecular complexity index is 952. The molecule has 2 aromatic carbocycles. The third-order valence-corrected chi connectivity index (χ3v) is 5.52. The molecule has 0 bridgehead atoms. The van der Waals surface area contributed by atoms with E-state index in [-0.39, 0.29) is 11.6 Å². The fraction of sp³-hybridized carbons (Fsp3) is 0.308. The largest absolute Gasteiger partial charge is 0.378 e. The van der Waals surface area contributed by atoms with E-state index in [2.05, 4.69) is 0 Å². The minimum absolute atomic E-state index is 0.0319. The van der Waals surface area contributed by atoms with Crippen LogP contribution in [0.3, 0.4) is 0 Å². The van der Waals surface area contributed by atoms with Crippen LogP contribution < -0.4 is 9.80 Å². The molecular weight excluding hydrogens is 372 g/mol. The zero-order valence-corrected chi connectivity index (χ0v) is 18.3. The lowest BCUT2D eigenvalue weighted by molar-refractivity contribution is -0.129. The van der Waals surface area contributed by atoms with Gasteiger partial charge in [-0.15, -0.1) is 0 Å². The minimum Gasteiger partial charge on any atom is -0.378 e. The van der Waals surface area contributed by atoms with Crippen molar-refractivity contribution in [2.24, 2.45) is 5.92 Å². The highest BCUT2D eigenvalue weighted by Crippen LogP contribution is 2.28. The van der Waals surface area contributed by atoms with Crippen LogP contribution in [0.25, 0.3) is 12.2 Å². The Morgan fingerprint density at radius 2 is 1.40 bits per heavy atom. The van der Waals surface area contributed by atoms with Gasteiger partial charge in [-0.3, -0.25) is 9.59 Å². The molecule has 1 atom stereocenters. The number of Topliss-reactive ketones (excluding diaryl/α,β-unsaturated/α-hetero) is 1. The van der Waals surface area contributed by atoms with Crippen molar-refractivity contribution >= 4 is 35.1 Å². The first-order valence-electron chi connectivity index (χ1n) is 10.4. The summed E-state index contributed by atoms with van der Waals surface area (Å²) in [6.45, 7) is 0. The smallest absolute Gasteiger partial charge is 0.169 e. The quantitative estimate of drug-likeness (QED) is 0.511. The number of allylic oxidation sites excluding steroid dienone is 2. The molecule has 1 aliphatic rings. The maximum absolute atomic E-state index is 12.9. The number of benzene rings is 2. The topological polar surface area (TPSA) is 40.6 Å². The van der Waals surface area contributed by atoms with E-state index in [4.69, 9.17) is 0 Å². The first-order chi connectivity index (χ1) is 14.3. The maximum Gasteiger partial charge on any atom is 0.169 e. The Morgan fingerprint density at radius 1 is 0.867 bits per heavy atom. The molecule has 3 rings (SSSR count). The summed E-state index contributed by atoms with van der Waals surface area (Å²) in [5, 5.41) is 0. The molecule has 4 heteroatoms. The van der Waals surface area contributed by atoms with Crippen molar-refractivity contribution in [2.75, 3.05) is 38.0 Å². The van der Waals surface area contributed by atoms with Crippen molar-refractivity contribution in [1.29, 1.82) is 0 Å². The van der Waals surface area contributed by atoms with Gasteiger partial charge in [0.1, 0.15) is 0 Å². The summed E-state index contributed by atoms with van der Waals surface area (Å²) in [6, 6.07) is 16.1. The van der Waals surface area contributed by atoms with E-state index in [0.717, 1.165) is 40.9 Å². The second kappa shape index (κ2) is 9.57. The molecule has 1 fully saturated rings. The number of hydrogen-bond donors (Lipinski definition) is 0. The highest BCUT2D eigenvalue weighted by Gasteiger charge is 2.30. The number of rotatable bonds is 6. The molecule has 0 radical (unpaired) electrons. The van der Waals surface area contributed by atoms with Gasteiger partial charge in [0.05, 0.1) is 5.92 Å². The fourth-order valence-corrected chi connectivity index (χ4v) is 3.64. The Kier molecular flexibility index (Phi) is 6.88. The molecule has 2 aromatic rings. The summed E-state index contributed by atoms with van der Waals surface area (Å²) in [4.78, 5) is 29.7. The maximum atomic E-state index is 12.9. The van der Waals surface area contributed by atoms with Gasteiger partial charge < -0.3 is 9.80 Å². The average Bonchev–Trinajstić information content (AvgIpc) is 2.74. The van der Waals surface area contributed by atoms with E-state index in [1.807, 2.05) is 92.6 Å². The highest BCUT2D eigenvalue weighted by molar-refractivity contribution is 6.16. The van der Waals surface area contributed by atoms with Gasteiger partial charge in [-0.2, -0.15) is 0 Å². The molecule has 0 N–H and O–H groups in total. The molecule has 0 heterocycles. The second-order valence-corrected chi connectivity index (χ2v) is 8.19. The number of carbonyl (C=O) groups is 2. The molecule has 1 saturated carbocycles. The van der Waals surface area contributed by atoms with E-state index >= 15 is 0 Å². The van der Waals surface area contributed by atoms with Gasteiger partial charge in [-0.25, -0.2) is 0 Å². The first-order valence-corrected chi connectivity index (χ1v) is 10.4. The van der Waals surface area contributed by atoms with Gasteiger partial charge >= 0.3 is 0 Å². The Morgan fingerprint density at radius 3 is 1.93 bits per heavy atom. The summed E-state index contributed by atoms with van der Waals surface area (Å²) < 4.78 is 0. The van der Waals surface area contributed by atoms with E-state index in [0.29, 0.717) is 6.42 Å². The molecule has 0 saturated heterocycles. The molecule has 4 nitrogen and oxygen atoms in total. The van der Waals surface area contributed by atoms with Crippen LogP contribution in [-0.2, 0) is 9.59 Å². The van der Waals surface area contributed by atoms with Gasteiger partial charge in [0.15, 0.2) is 11.6 Å². The standard InChI is InChI=1S/C26H30N2O2/c1-27(2)22-13-8-19(9-14-22)12-17-25(29)24-7-5-6-21(26(24)30)18-20-10-15-23(16-11-20)28(3)4/h8-18,24H,5-7H2,1-4H3. The Labute approximate surface area is 179 Å². The van der Waals surface area contributed by atoms with E-state index in [1.54, 1.807) is 12.2 Å². The van der Waals surface area contributed by atoms with Crippen LogP contribution >= 0.6 is 0 Å². The van der Waals surface area contributed by atoms with Crippen LogP contribution in [0.4, 0.5) is 11.4 Å². The van der Waals surface area contributed by atoms with Gasteiger partial charge in [0.2, 0.25) is 0 Å². The summed E-state index contributed by atoms with van der Waals surface area (Å²) in [7, 11) is 7.98. The summed E-state index contributed by atoms with van der Waals surface area (Å²) in [6.07, 6.45) is 7.50. The van der Waals surface area contributed by atoms with Crippen LogP contribution in [0.1, 0.15) is 30.4 Å². The zero-order chi connectivity index (χ0) is 21.7. The molecule has 1 aliphatic carbocycles. The lowest BCUT2D eigenvalue weighted by Crippen LogP contribution is -2.27. The van der Waals surface area contributed by atoms with Crippen molar-refractivity contribution in [3.8, 4) is 0 Å². The molecule has 0 amide bonds. The van der Waals surface area contributed by atoms with Gasteiger partial charge in [0, 0.05) is 39.6 Å². The van der Waals surface area contributed by atoms with E-state index in [9.17, 15) is 9.59 Å². The lowest BCUT2D eigenvalue weighted by Gasteiger charge is -2.21. The van der Waals surface area contributed by atoms with Crippen molar-refractivity contribution in [3.05, 3.63) is 71.3 Å². The predicted molar refractivity (Wildman–Crippen MR) is 126 cm³/mol. The SMILES string of the molecule is CN(C)c1ccc(C=CC(=O)C2CCCC(=Cc3ccc(N(C)C)cc3)C2=O)cc1. The molecule has 0 aromatic heterocycles. The summed E-state index contributed by atoms with van der Waals surface area (Å²) >= 11 is 0. The van der Waals surface area contributed by atoms with Gasteiger partial charge in [0.25, 0.3) is 0 Å². The molecular formula is C26H30N2O2. The summed E-state index contributed by atoms with van der Waals surface area (Å²) in [5.74, 6) is -0.705. The Hall–Kier alpha value is -3.14. The molecule has 30 heavy (non-hydrogen) atoms. The molecule has 1 unspecified atom stereocenters. The van der Waals surface area contributed by atoms with Crippen LogP contribution in [0.2, 0.25) is 0 Å². The van der Waals surface area contributed by atoms with Crippen LogP contribution in [0, 0.1) is 5.92 Å². The van der Waals surface area contributed by atoms with E-state index < -0.39 is 5.92 Å². The number of hydrogen-bond acceptors (Lipinski definition) is 4.